The van der Waals surface area contributed by atoms with Gasteiger partial charge in [-0.25, -0.2) is 4.98 Å². The minimum atomic E-state index is -0.460. The van der Waals surface area contributed by atoms with Crippen LogP contribution in [0.25, 0.3) is 27.6 Å². The highest BCUT2D eigenvalue weighted by atomic mass is 32.1. The van der Waals surface area contributed by atoms with Crippen LogP contribution in [-0.4, -0.2) is 10.9 Å². The van der Waals surface area contributed by atoms with Gasteiger partial charge in [-0.3, -0.25) is 10.1 Å². The molecular weight excluding hydrogens is 450 g/mol. The van der Waals surface area contributed by atoms with Crippen molar-refractivity contribution in [2.75, 3.05) is 5.32 Å². The molecule has 0 aliphatic carbocycles. The second-order valence-electron chi connectivity index (χ2n) is 8.34. The zero-order valence-electron chi connectivity index (χ0n) is 19.3. The van der Waals surface area contributed by atoms with Crippen LogP contribution in [0, 0.1) is 11.3 Å². The Balaban J connectivity index is 1.41. The van der Waals surface area contributed by atoms with E-state index in [1.54, 1.807) is 12.3 Å². The lowest BCUT2D eigenvalue weighted by Gasteiger charge is -2.09. The Morgan fingerprint density at radius 2 is 1.60 bits per heavy atom. The van der Waals surface area contributed by atoms with Gasteiger partial charge in [-0.15, -0.1) is 11.3 Å². The number of carbonyl (C=O) groups is 1. The lowest BCUT2D eigenvalue weighted by molar-refractivity contribution is -0.112. The van der Waals surface area contributed by atoms with E-state index in [-0.39, 0.29) is 5.57 Å². The Kier molecular flexibility index (Phi) is 6.38. The van der Waals surface area contributed by atoms with Crippen molar-refractivity contribution in [2.24, 2.45) is 0 Å². The number of anilines is 1. The van der Waals surface area contributed by atoms with Crippen molar-refractivity contribution in [1.82, 2.24) is 4.98 Å². The average Bonchev–Trinajstić information content (AvgIpc) is 3.33. The maximum absolute atomic E-state index is 13.0. The van der Waals surface area contributed by atoms with Crippen LogP contribution in [0.2, 0.25) is 0 Å². The topological polar surface area (TPSA) is 65.8 Å². The highest BCUT2D eigenvalue weighted by Crippen LogP contribution is 2.30. The molecule has 1 amide bonds. The van der Waals surface area contributed by atoms with Crippen LogP contribution in [0.3, 0.4) is 0 Å². The predicted molar refractivity (Wildman–Crippen MR) is 144 cm³/mol. The molecule has 0 unspecified atom stereocenters. The monoisotopic (exact) mass is 473 g/mol. The fourth-order valence-electron chi connectivity index (χ4n) is 4.20. The quantitative estimate of drug-likeness (QED) is 0.162. The van der Waals surface area contributed by atoms with E-state index in [1.165, 1.54) is 22.5 Å². The van der Waals surface area contributed by atoms with Gasteiger partial charge in [-0.2, -0.15) is 5.26 Å². The first-order valence-corrected chi connectivity index (χ1v) is 12.3. The fraction of sp³-hybridized carbons (Fsp3) is 0.100. The van der Waals surface area contributed by atoms with Gasteiger partial charge in [0.1, 0.15) is 11.6 Å². The van der Waals surface area contributed by atoms with E-state index in [4.69, 9.17) is 0 Å². The van der Waals surface area contributed by atoms with E-state index in [1.807, 2.05) is 48.5 Å². The Labute approximate surface area is 208 Å². The molecule has 0 atom stereocenters. The molecule has 0 aliphatic rings. The number of thiazole rings is 1. The number of aryl methyl sites for hydroxylation is 1. The van der Waals surface area contributed by atoms with Crippen LogP contribution in [0.4, 0.5) is 5.13 Å². The van der Waals surface area contributed by atoms with Crippen molar-refractivity contribution in [2.45, 2.75) is 19.8 Å². The summed E-state index contributed by atoms with van der Waals surface area (Å²) in [6.07, 6.45) is 5.23. The van der Waals surface area contributed by atoms with Crippen molar-refractivity contribution in [3.63, 3.8) is 0 Å². The van der Waals surface area contributed by atoms with Gasteiger partial charge in [0, 0.05) is 17.5 Å². The van der Waals surface area contributed by atoms with Crippen LogP contribution in [0.15, 0.2) is 90.6 Å². The Hall–Kier alpha value is -4.27. The predicted octanol–water partition coefficient (Wildman–Crippen LogP) is 7.15. The van der Waals surface area contributed by atoms with Gasteiger partial charge in [0.15, 0.2) is 5.13 Å². The summed E-state index contributed by atoms with van der Waals surface area (Å²) >= 11 is 1.43. The molecule has 1 N–H and O–H groups in total. The smallest absolute Gasteiger partial charge is 0.268 e. The second kappa shape index (κ2) is 9.92. The van der Waals surface area contributed by atoms with E-state index in [0.717, 1.165) is 44.8 Å². The number of fused-ring (bicyclic) bond motifs is 2. The number of hydrogen-bond acceptors (Lipinski definition) is 4. The van der Waals surface area contributed by atoms with Gasteiger partial charge in [-0.05, 0) is 56.8 Å². The van der Waals surface area contributed by atoms with Gasteiger partial charge < -0.3 is 0 Å². The second-order valence-corrected chi connectivity index (χ2v) is 9.45. The summed E-state index contributed by atoms with van der Waals surface area (Å²) in [5, 5.41) is 17.2. The van der Waals surface area contributed by atoms with Gasteiger partial charge >= 0.3 is 0 Å². The van der Waals surface area contributed by atoms with Crippen molar-refractivity contribution < 1.29 is 4.79 Å². The minimum absolute atomic E-state index is 0.0402. The summed E-state index contributed by atoms with van der Waals surface area (Å²) in [5.74, 6) is -0.460. The number of amides is 1. The summed E-state index contributed by atoms with van der Waals surface area (Å²) in [4.78, 5) is 18.4. The van der Waals surface area contributed by atoms with Gasteiger partial charge in [0.2, 0.25) is 0 Å². The number of hydrogen-bond donors (Lipinski definition) is 1. The van der Waals surface area contributed by atoms with Crippen molar-refractivity contribution in [3.05, 3.63) is 112 Å². The fourth-order valence-corrected chi connectivity index (χ4v) is 5.04. The molecule has 5 aromatic rings. The SMILES string of the molecule is CCc1ccc(Cc2cnc(NC(=O)C(C#N)=Cc3c4ccccc4cc4ccccc34)s2)cc1. The number of nitrogens with zero attached hydrogens (tertiary/aromatic N) is 2. The molecule has 170 valence electrons. The summed E-state index contributed by atoms with van der Waals surface area (Å²) in [6, 6.07) is 28.8. The lowest BCUT2D eigenvalue weighted by atomic mass is 9.95. The maximum Gasteiger partial charge on any atom is 0.268 e. The molecule has 5 rings (SSSR count). The molecular formula is C30H23N3OS. The highest BCUT2D eigenvalue weighted by molar-refractivity contribution is 7.15. The van der Waals surface area contributed by atoms with Crippen LogP contribution in [-0.2, 0) is 17.6 Å². The molecule has 1 heterocycles. The average molecular weight is 474 g/mol. The standard InChI is InChI=1S/C30H23N3OS/c1-2-20-11-13-21(14-12-20)15-25-19-32-30(35-25)33-29(34)24(18-31)17-28-26-9-5-3-7-22(26)16-23-8-4-6-10-27(23)28/h3-14,16-17,19H,2,15H2,1H3,(H,32,33,34). The molecule has 0 spiro atoms. The number of aromatic nitrogens is 1. The van der Waals surface area contributed by atoms with E-state index in [0.29, 0.717) is 5.13 Å². The zero-order valence-corrected chi connectivity index (χ0v) is 20.1. The Morgan fingerprint density at radius 3 is 2.23 bits per heavy atom. The van der Waals surface area contributed by atoms with Crippen molar-refractivity contribution >= 4 is 50.0 Å². The molecule has 1 aromatic heterocycles. The molecule has 0 radical (unpaired) electrons. The summed E-state index contributed by atoms with van der Waals surface area (Å²) in [7, 11) is 0. The first-order chi connectivity index (χ1) is 17.1. The number of nitrogens with one attached hydrogen (secondary N) is 1. The Bertz CT molecular complexity index is 1550. The van der Waals surface area contributed by atoms with E-state index in [2.05, 4.69) is 53.6 Å². The number of nitriles is 1. The van der Waals surface area contributed by atoms with Crippen LogP contribution in [0.5, 0.6) is 0 Å². The third-order valence-electron chi connectivity index (χ3n) is 6.05. The first kappa shape index (κ1) is 22.5. The van der Waals surface area contributed by atoms with E-state index in [9.17, 15) is 10.1 Å². The molecule has 0 bridgehead atoms. The van der Waals surface area contributed by atoms with Crippen LogP contribution >= 0.6 is 11.3 Å². The third-order valence-corrected chi connectivity index (χ3v) is 6.96. The zero-order chi connectivity index (χ0) is 24.2. The molecule has 35 heavy (non-hydrogen) atoms. The van der Waals surface area contributed by atoms with Gasteiger partial charge in [0.05, 0.1) is 0 Å². The summed E-state index contributed by atoms with van der Waals surface area (Å²) in [6.45, 7) is 2.14. The molecule has 4 aromatic carbocycles. The number of carbonyl (C=O) groups excluding carboxylic acids is 1. The molecule has 4 nitrogen and oxygen atoms in total. The lowest BCUT2D eigenvalue weighted by Crippen LogP contribution is -2.13. The van der Waals surface area contributed by atoms with Crippen molar-refractivity contribution in [3.8, 4) is 6.07 Å². The minimum Gasteiger partial charge on any atom is -0.297 e. The third kappa shape index (κ3) is 4.84. The van der Waals surface area contributed by atoms with Gasteiger partial charge in [0.25, 0.3) is 5.91 Å². The van der Waals surface area contributed by atoms with Crippen LogP contribution < -0.4 is 5.32 Å². The molecule has 0 saturated heterocycles. The summed E-state index contributed by atoms with van der Waals surface area (Å²) in [5.41, 5.74) is 3.41. The molecule has 0 saturated carbocycles. The maximum atomic E-state index is 13.0. The van der Waals surface area contributed by atoms with Crippen molar-refractivity contribution in [1.29, 1.82) is 5.26 Å². The summed E-state index contributed by atoms with van der Waals surface area (Å²) < 4.78 is 0. The first-order valence-electron chi connectivity index (χ1n) is 11.5. The molecule has 5 heteroatoms. The number of benzene rings is 4. The van der Waals surface area contributed by atoms with Gasteiger partial charge in [-0.1, -0.05) is 79.7 Å². The Morgan fingerprint density at radius 1 is 0.971 bits per heavy atom. The number of rotatable bonds is 6. The normalized spacial score (nSPS) is 11.5. The van der Waals surface area contributed by atoms with Crippen LogP contribution in [0.1, 0.15) is 28.5 Å². The molecule has 0 fully saturated rings. The van der Waals surface area contributed by atoms with E-state index >= 15 is 0 Å². The highest BCUT2D eigenvalue weighted by Gasteiger charge is 2.14. The van der Waals surface area contributed by atoms with E-state index < -0.39 is 5.91 Å². The molecule has 0 aliphatic heterocycles. The largest absolute Gasteiger partial charge is 0.297 e.